The van der Waals surface area contributed by atoms with Crippen LogP contribution in [0.4, 0.5) is 0 Å². The molecule has 1 fully saturated rings. The zero-order valence-electron chi connectivity index (χ0n) is 15.2. The van der Waals surface area contributed by atoms with E-state index in [1.54, 1.807) is 12.1 Å². The van der Waals surface area contributed by atoms with Crippen LogP contribution in [0.3, 0.4) is 0 Å². The molecule has 0 bridgehead atoms. The highest BCUT2D eigenvalue weighted by Crippen LogP contribution is 2.13. The Hall–Kier alpha value is -2.37. The number of nitrogens with one attached hydrogen (secondary N) is 1. The second-order valence-electron chi connectivity index (χ2n) is 6.74. The van der Waals surface area contributed by atoms with Gasteiger partial charge in [0.05, 0.1) is 6.04 Å². The van der Waals surface area contributed by atoms with E-state index in [9.17, 15) is 9.59 Å². The summed E-state index contributed by atoms with van der Waals surface area (Å²) in [5.41, 5.74) is 7.84. The van der Waals surface area contributed by atoms with E-state index in [0.29, 0.717) is 25.1 Å². The predicted molar refractivity (Wildman–Crippen MR) is 109 cm³/mol. The lowest BCUT2D eigenvalue weighted by Gasteiger charge is -2.34. The van der Waals surface area contributed by atoms with Crippen molar-refractivity contribution in [1.82, 2.24) is 10.2 Å². The lowest BCUT2D eigenvalue weighted by Crippen LogP contribution is -2.51. The van der Waals surface area contributed by atoms with Crippen molar-refractivity contribution in [2.75, 3.05) is 13.1 Å². The Bertz CT molecular complexity index is 732. The first-order chi connectivity index (χ1) is 12.6. The van der Waals surface area contributed by atoms with Crippen LogP contribution in [0, 0.1) is 0 Å². The Kier molecular flexibility index (Phi) is 7.82. The van der Waals surface area contributed by atoms with E-state index < -0.39 is 6.04 Å². The number of likely N-dealkylation sites (tertiary alicyclic amines) is 1. The molecule has 1 aliphatic heterocycles. The molecule has 3 N–H and O–H groups in total. The van der Waals surface area contributed by atoms with Crippen molar-refractivity contribution in [3.63, 3.8) is 0 Å². The third kappa shape index (κ3) is 5.81. The Labute approximate surface area is 166 Å². The molecule has 0 saturated carbocycles. The monoisotopic (exact) mass is 387 g/mol. The molecule has 1 unspecified atom stereocenters. The van der Waals surface area contributed by atoms with E-state index in [2.05, 4.69) is 5.32 Å². The number of benzene rings is 2. The summed E-state index contributed by atoms with van der Waals surface area (Å²) in [6.45, 7) is 1.25. The summed E-state index contributed by atoms with van der Waals surface area (Å²) in [7, 11) is 0. The van der Waals surface area contributed by atoms with Crippen LogP contribution >= 0.6 is 12.4 Å². The van der Waals surface area contributed by atoms with Gasteiger partial charge in [0, 0.05) is 24.7 Å². The number of piperidine rings is 1. The van der Waals surface area contributed by atoms with Gasteiger partial charge in [-0.3, -0.25) is 9.59 Å². The largest absolute Gasteiger partial charge is 0.349 e. The average Bonchev–Trinajstić information content (AvgIpc) is 2.69. The van der Waals surface area contributed by atoms with E-state index >= 15 is 0 Å². The molecule has 6 heteroatoms. The van der Waals surface area contributed by atoms with Crippen LogP contribution in [0.15, 0.2) is 60.7 Å². The molecule has 1 heterocycles. The topological polar surface area (TPSA) is 75.4 Å². The summed E-state index contributed by atoms with van der Waals surface area (Å²) in [4.78, 5) is 26.6. The molecule has 27 heavy (non-hydrogen) atoms. The van der Waals surface area contributed by atoms with E-state index in [1.807, 2.05) is 53.4 Å². The summed E-state index contributed by atoms with van der Waals surface area (Å²) in [6.07, 6.45) is 2.05. The number of halogens is 1. The van der Waals surface area contributed by atoms with Crippen molar-refractivity contribution in [3.05, 3.63) is 71.8 Å². The summed E-state index contributed by atoms with van der Waals surface area (Å²) in [5, 5.41) is 3.06. The van der Waals surface area contributed by atoms with Crippen LogP contribution in [0.2, 0.25) is 0 Å². The molecular weight excluding hydrogens is 362 g/mol. The van der Waals surface area contributed by atoms with Gasteiger partial charge in [0.1, 0.15) is 0 Å². The molecule has 2 aromatic rings. The number of amides is 2. The Morgan fingerprint density at radius 3 is 2.15 bits per heavy atom. The van der Waals surface area contributed by atoms with Gasteiger partial charge >= 0.3 is 0 Å². The second kappa shape index (κ2) is 10.1. The van der Waals surface area contributed by atoms with Gasteiger partial charge in [-0.1, -0.05) is 48.5 Å². The highest BCUT2D eigenvalue weighted by molar-refractivity contribution is 5.94. The van der Waals surface area contributed by atoms with Crippen molar-refractivity contribution < 1.29 is 9.59 Å². The molecule has 3 rings (SSSR count). The third-order valence-electron chi connectivity index (χ3n) is 4.79. The number of carbonyl (C=O) groups excluding carboxylic acids is 2. The lowest BCUT2D eigenvalue weighted by atomic mass is 10.0. The maximum atomic E-state index is 12.6. The highest BCUT2D eigenvalue weighted by atomic mass is 35.5. The number of nitrogens with zero attached hydrogens (tertiary/aromatic N) is 1. The van der Waals surface area contributed by atoms with Crippen molar-refractivity contribution >= 4 is 24.2 Å². The zero-order chi connectivity index (χ0) is 18.4. The first kappa shape index (κ1) is 20.9. The van der Waals surface area contributed by atoms with Crippen molar-refractivity contribution in [2.45, 2.75) is 31.3 Å². The predicted octanol–water partition coefficient (Wildman–Crippen LogP) is 2.40. The molecule has 0 aromatic heterocycles. The van der Waals surface area contributed by atoms with E-state index in [0.717, 1.165) is 18.4 Å². The Balaban J connectivity index is 0.00000261. The average molecular weight is 388 g/mol. The van der Waals surface area contributed by atoms with Gasteiger partial charge < -0.3 is 16.0 Å². The number of nitrogens with two attached hydrogens (primary N) is 1. The van der Waals surface area contributed by atoms with Gasteiger partial charge in [-0.25, -0.2) is 0 Å². The Morgan fingerprint density at radius 1 is 1.00 bits per heavy atom. The number of hydrogen-bond donors (Lipinski definition) is 2. The van der Waals surface area contributed by atoms with Gasteiger partial charge in [0.2, 0.25) is 5.91 Å². The molecule has 0 aliphatic carbocycles. The van der Waals surface area contributed by atoms with E-state index in [1.165, 1.54) is 0 Å². The van der Waals surface area contributed by atoms with E-state index in [4.69, 9.17) is 5.73 Å². The molecule has 1 atom stereocenters. The number of rotatable bonds is 5. The standard InChI is InChI=1S/C21H25N3O2.ClH/c22-19(15-16-7-3-1-4-8-16)21(26)24-13-11-18(12-14-24)23-20(25)17-9-5-2-6-10-17;/h1-10,18-19H,11-15,22H2,(H,23,25);1H. The first-order valence-electron chi connectivity index (χ1n) is 9.07. The summed E-state index contributed by atoms with van der Waals surface area (Å²) < 4.78 is 0. The van der Waals surface area contributed by atoms with Gasteiger partial charge in [-0.05, 0) is 37.0 Å². The fourth-order valence-electron chi connectivity index (χ4n) is 3.29. The van der Waals surface area contributed by atoms with Crippen molar-refractivity contribution in [1.29, 1.82) is 0 Å². The van der Waals surface area contributed by atoms with Gasteiger partial charge in [0.25, 0.3) is 5.91 Å². The first-order valence-corrected chi connectivity index (χ1v) is 9.07. The summed E-state index contributed by atoms with van der Waals surface area (Å²) in [5.74, 6) is -0.0714. The molecule has 5 nitrogen and oxygen atoms in total. The molecule has 2 amide bonds. The van der Waals surface area contributed by atoms with Gasteiger partial charge in [0.15, 0.2) is 0 Å². The van der Waals surface area contributed by atoms with Crippen LogP contribution in [-0.4, -0.2) is 41.9 Å². The highest BCUT2D eigenvalue weighted by Gasteiger charge is 2.27. The van der Waals surface area contributed by atoms with Gasteiger partial charge in [-0.15, -0.1) is 12.4 Å². The van der Waals surface area contributed by atoms with Gasteiger partial charge in [-0.2, -0.15) is 0 Å². The van der Waals surface area contributed by atoms with E-state index in [-0.39, 0.29) is 30.3 Å². The normalized spacial score (nSPS) is 15.5. The molecule has 1 aliphatic rings. The Morgan fingerprint density at radius 2 is 1.56 bits per heavy atom. The zero-order valence-corrected chi connectivity index (χ0v) is 16.0. The minimum Gasteiger partial charge on any atom is -0.349 e. The third-order valence-corrected chi connectivity index (χ3v) is 4.79. The minimum atomic E-state index is -0.521. The van der Waals surface area contributed by atoms with Crippen molar-refractivity contribution in [2.24, 2.45) is 5.73 Å². The van der Waals surface area contributed by atoms with Crippen LogP contribution < -0.4 is 11.1 Å². The molecular formula is C21H26ClN3O2. The smallest absolute Gasteiger partial charge is 0.251 e. The molecule has 0 spiro atoms. The maximum Gasteiger partial charge on any atom is 0.251 e. The minimum absolute atomic E-state index is 0. The molecule has 1 saturated heterocycles. The summed E-state index contributed by atoms with van der Waals surface area (Å²) in [6, 6.07) is 18.6. The fraction of sp³-hybridized carbons (Fsp3) is 0.333. The molecule has 0 radical (unpaired) electrons. The van der Waals surface area contributed by atoms with Crippen LogP contribution in [0.25, 0.3) is 0 Å². The van der Waals surface area contributed by atoms with Crippen molar-refractivity contribution in [3.8, 4) is 0 Å². The maximum absolute atomic E-state index is 12.6. The second-order valence-corrected chi connectivity index (χ2v) is 6.74. The number of hydrogen-bond acceptors (Lipinski definition) is 3. The van der Waals surface area contributed by atoms with Crippen LogP contribution in [-0.2, 0) is 11.2 Å². The molecule has 144 valence electrons. The van der Waals surface area contributed by atoms with Crippen LogP contribution in [0.5, 0.6) is 0 Å². The summed E-state index contributed by atoms with van der Waals surface area (Å²) >= 11 is 0. The van der Waals surface area contributed by atoms with Crippen LogP contribution in [0.1, 0.15) is 28.8 Å². The molecule has 2 aromatic carbocycles. The lowest BCUT2D eigenvalue weighted by molar-refractivity contribution is -0.133. The number of carbonyl (C=O) groups is 2. The fourth-order valence-corrected chi connectivity index (χ4v) is 3.29. The SMILES string of the molecule is Cl.NC(Cc1ccccc1)C(=O)N1CCC(NC(=O)c2ccccc2)CC1. The quantitative estimate of drug-likeness (QED) is 0.827.